The maximum Gasteiger partial charge on any atom is 0.295 e. The number of carbonyl (C=O) groups is 2. The third-order valence-corrected chi connectivity index (χ3v) is 6.36. The molecule has 3 heterocycles. The third-order valence-electron chi connectivity index (χ3n) is 6.36. The van der Waals surface area contributed by atoms with Crippen molar-refractivity contribution in [3.63, 3.8) is 0 Å². The Kier molecular flexibility index (Phi) is 6.12. The highest BCUT2D eigenvalue weighted by atomic mass is 16.7. The fourth-order valence-electron chi connectivity index (χ4n) is 4.54. The van der Waals surface area contributed by atoms with Crippen molar-refractivity contribution in [1.29, 1.82) is 0 Å². The molecule has 0 aromatic heterocycles. The lowest BCUT2D eigenvalue weighted by Gasteiger charge is -2.31. The van der Waals surface area contributed by atoms with E-state index >= 15 is 0 Å². The number of fused-ring (bicyclic) bond motifs is 1. The van der Waals surface area contributed by atoms with Gasteiger partial charge < -0.3 is 29.0 Å². The van der Waals surface area contributed by atoms with Gasteiger partial charge in [-0.05, 0) is 29.8 Å². The van der Waals surface area contributed by atoms with Gasteiger partial charge in [-0.25, -0.2) is 0 Å². The van der Waals surface area contributed by atoms with Crippen LogP contribution in [0.2, 0.25) is 0 Å². The fraction of sp³-hybridized carbons (Fsp3) is 0.360. The Balaban J connectivity index is 1.55. The summed E-state index contributed by atoms with van der Waals surface area (Å²) in [5, 5.41) is 11.2. The fourth-order valence-corrected chi connectivity index (χ4v) is 4.54. The van der Waals surface area contributed by atoms with E-state index in [0.717, 1.165) is 13.1 Å². The van der Waals surface area contributed by atoms with Crippen molar-refractivity contribution < 1.29 is 33.6 Å². The molecule has 1 atom stereocenters. The molecule has 3 aliphatic rings. The predicted molar refractivity (Wildman–Crippen MR) is 122 cm³/mol. The van der Waals surface area contributed by atoms with Gasteiger partial charge in [0.1, 0.15) is 11.5 Å². The van der Waals surface area contributed by atoms with Crippen LogP contribution in [0.4, 0.5) is 0 Å². The van der Waals surface area contributed by atoms with Crippen molar-refractivity contribution in [3.05, 3.63) is 59.2 Å². The van der Waals surface area contributed by atoms with Crippen molar-refractivity contribution in [2.45, 2.75) is 6.04 Å². The highest BCUT2D eigenvalue weighted by Crippen LogP contribution is 2.43. The lowest BCUT2D eigenvalue weighted by molar-refractivity contribution is -0.140. The van der Waals surface area contributed by atoms with Gasteiger partial charge in [0.05, 0.1) is 31.9 Å². The van der Waals surface area contributed by atoms with Crippen molar-refractivity contribution >= 4 is 17.4 Å². The van der Waals surface area contributed by atoms with Gasteiger partial charge in [0.2, 0.25) is 6.79 Å². The number of ether oxygens (including phenoxy) is 4. The zero-order valence-corrected chi connectivity index (χ0v) is 18.9. The molecule has 5 rings (SSSR count). The van der Waals surface area contributed by atoms with Crippen LogP contribution in [-0.4, -0.2) is 79.9 Å². The minimum absolute atomic E-state index is 0.0408. The van der Waals surface area contributed by atoms with E-state index in [1.54, 1.807) is 42.5 Å². The third kappa shape index (κ3) is 4.08. The molecule has 2 fully saturated rings. The number of ketones is 1. The Bertz CT molecular complexity index is 1140. The summed E-state index contributed by atoms with van der Waals surface area (Å²) in [5.41, 5.74) is 1.10. The molecule has 2 aromatic rings. The van der Waals surface area contributed by atoms with Crippen LogP contribution in [0.25, 0.3) is 5.76 Å². The number of methoxy groups -OCH3 is 1. The standard InChI is InChI=1S/C25H26N2O7/c1-31-18-4-2-3-17(13-18)23(28)21-22(16-5-6-19-20(14-16)34-15-33-19)27(25(30)24(21)29)8-7-26-9-11-32-12-10-26/h2-6,13-14,22,28H,7-12,15H2,1H3/b23-21+. The number of hydrogen-bond donors (Lipinski definition) is 1. The largest absolute Gasteiger partial charge is 0.507 e. The topological polar surface area (TPSA) is 97.8 Å². The van der Waals surface area contributed by atoms with Crippen molar-refractivity contribution in [2.24, 2.45) is 0 Å². The Morgan fingerprint density at radius 3 is 2.65 bits per heavy atom. The first kappa shape index (κ1) is 22.2. The first-order valence-electron chi connectivity index (χ1n) is 11.2. The Morgan fingerprint density at radius 1 is 1.06 bits per heavy atom. The molecule has 0 bridgehead atoms. The number of carbonyl (C=O) groups excluding carboxylic acids is 2. The second-order valence-electron chi connectivity index (χ2n) is 8.29. The molecule has 9 heteroatoms. The minimum Gasteiger partial charge on any atom is -0.507 e. The summed E-state index contributed by atoms with van der Waals surface area (Å²) in [6.45, 7) is 3.85. The molecule has 178 valence electrons. The Hall–Kier alpha value is -3.56. The predicted octanol–water partition coefficient (Wildman–Crippen LogP) is 2.18. The Morgan fingerprint density at radius 2 is 1.85 bits per heavy atom. The van der Waals surface area contributed by atoms with E-state index in [2.05, 4.69) is 4.90 Å². The number of likely N-dealkylation sites (tertiary alicyclic amines) is 1. The highest BCUT2D eigenvalue weighted by Gasteiger charge is 2.46. The quantitative estimate of drug-likeness (QED) is 0.393. The lowest BCUT2D eigenvalue weighted by atomic mass is 9.95. The van der Waals surface area contributed by atoms with E-state index in [4.69, 9.17) is 18.9 Å². The molecule has 0 spiro atoms. The number of amides is 1. The number of morpholine rings is 1. The molecule has 9 nitrogen and oxygen atoms in total. The number of Topliss-reactive ketones (excluding diaryl/α,β-unsaturated/α-hetero) is 1. The molecular formula is C25H26N2O7. The average molecular weight is 466 g/mol. The van der Waals surface area contributed by atoms with E-state index < -0.39 is 17.7 Å². The number of aliphatic hydroxyl groups excluding tert-OH is 1. The van der Waals surface area contributed by atoms with Gasteiger partial charge in [-0.2, -0.15) is 0 Å². The smallest absolute Gasteiger partial charge is 0.295 e. The van der Waals surface area contributed by atoms with Crippen LogP contribution in [0.3, 0.4) is 0 Å². The highest BCUT2D eigenvalue weighted by molar-refractivity contribution is 6.46. The van der Waals surface area contributed by atoms with E-state index in [9.17, 15) is 14.7 Å². The first-order valence-corrected chi connectivity index (χ1v) is 11.2. The molecule has 2 saturated heterocycles. The zero-order valence-electron chi connectivity index (χ0n) is 18.9. The van der Waals surface area contributed by atoms with Crippen LogP contribution in [0.5, 0.6) is 17.2 Å². The van der Waals surface area contributed by atoms with Crippen LogP contribution in [-0.2, 0) is 14.3 Å². The summed E-state index contributed by atoms with van der Waals surface area (Å²) < 4.78 is 21.6. The van der Waals surface area contributed by atoms with E-state index in [1.165, 1.54) is 12.0 Å². The van der Waals surface area contributed by atoms with Gasteiger partial charge in [-0.1, -0.05) is 18.2 Å². The van der Waals surface area contributed by atoms with Crippen LogP contribution in [0.15, 0.2) is 48.0 Å². The molecule has 0 radical (unpaired) electrons. The average Bonchev–Trinajstić information content (AvgIpc) is 3.45. The molecule has 34 heavy (non-hydrogen) atoms. The molecular weight excluding hydrogens is 440 g/mol. The van der Waals surface area contributed by atoms with Crippen LogP contribution in [0.1, 0.15) is 17.2 Å². The summed E-state index contributed by atoms with van der Waals surface area (Å²) in [5.74, 6) is 0.0730. The van der Waals surface area contributed by atoms with Crippen LogP contribution in [0, 0.1) is 0 Å². The SMILES string of the molecule is COc1cccc(/C(O)=C2\C(=O)C(=O)N(CCN3CCOCC3)C2c2ccc3c(c2)OCO3)c1. The van der Waals surface area contributed by atoms with Gasteiger partial charge in [0.25, 0.3) is 11.7 Å². The van der Waals surface area contributed by atoms with Gasteiger partial charge >= 0.3 is 0 Å². The van der Waals surface area contributed by atoms with Crippen molar-refractivity contribution in [2.75, 3.05) is 53.3 Å². The maximum absolute atomic E-state index is 13.2. The lowest BCUT2D eigenvalue weighted by Crippen LogP contribution is -2.42. The summed E-state index contributed by atoms with van der Waals surface area (Å²) in [4.78, 5) is 30.1. The maximum atomic E-state index is 13.2. The van der Waals surface area contributed by atoms with E-state index in [-0.39, 0.29) is 18.1 Å². The van der Waals surface area contributed by atoms with Crippen LogP contribution < -0.4 is 14.2 Å². The zero-order chi connectivity index (χ0) is 23.7. The van der Waals surface area contributed by atoms with Gasteiger partial charge in [-0.3, -0.25) is 14.5 Å². The van der Waals surface area contributed by atoms with Crippen molar-refractivity contribution in [3.8, 4) is 17.2 Å². The number of benzene rings is 2. The second kappa shape index (κ2) is 9.36. The summed E-state index contributed by atoms with van der Waals surface area (Å²) in [6, 6.07) is 11.3. The number of aliphatic hydroxyl groups is 1. The monoisotopic (exact) mass is 466 g/mol. The molecule has 0 aliphatic carbocycles. The summed E-state index contributed by atoms with van der Waals surface area (Å²) >= 11 is 0. The Labute approximate surface area is 197 Å². The summed E-state index contributed by atoms with van der Waals surface area (Å²) in [7, 11) is 1.52. The van der Waals surface area contributed by atoms with E-state index in [0.29, 0.717) is 54.7 Å². The summed E-state index contributed by atoms with van der Waals surface area (Å²) in [6.07, 6.45) is 0. The number of hydrogen-bond acceptors (Lipinski definition) is 8. The molecule has 1 amide bonds. The van der Waals surface area contributed by atoms with Gasteiger partial charge in [0.15, 0.2) is 11.5 Å². The molecule has 3 aliphatic heterocycles. The number of nitrogens with zero attached hydrogens (tertiary/aromatic N) is 2. The van der Waals surface area contributed by atoms with Crippen molar-refractivity contribution in [1.82, 2.24) is 9.80 Å². The molecule has 1 unspecified atom stereocenters. The number of rotatable bonds is 6. The van der Waals surface area contributed by atoms with Crippen LogP contribution >= 0.6 is 0 Å². The van der Waals surface area contributed by atoms with Gasteiger partial charge in [0, 0.05) is 31.7 Å². The molecule has 2 aromatic carbocycles. The molecule has 0 saturated carbocycles. The minimum atomic E-state index is -0.762. The normalized spacial score (nSPS) is 21.8. The first-order chi connectivity index (χ1) is 16.6. The second-order valence-corrected chi connectivity index (χ2v) is 8.29. The molecule has 1 N–H and O–H groups in total. The van der Waals surface area contributed by atoms with Gasteiger partial charge in [-0.15, -0.1) is 0 Å². The van der Waals surface area contributed by atoms with E-state index in [1.807, 2.05) is 0 Å².